The summed E-state index contributed by atoms with van der Waals surface area (Å²) in [5, 5.41) is 13.7. The Kier molecular flexibility index (Phi) is 5.96. The van der Waals surface area contributed by atoms with Gasteiger partial charge in [0.15, 0.2) is 0 Å². The van der Waals surface area contributed by atoms with E-state index in [1.807, 2.05) is 0 Å². The fourth-order valence-corrected chi connectivity index (χ4v) is 2.23. The number of anilines is 2. The molecule has 0 amide bonds. The highest BCUT2D eigenvalue weighted by Gasteiger charge is 2.18. The number of rotatable bonds is 6. The first-order valence-electron chi connectivity index (χ1n) is 7.96. The Morgan fingerprint density at radius 1 is 1.23 bits per heavy atom. The molecule has 2 rings (SSSR count). The van der Waals surface area contributed by atoms with Gasteiger partial charge in [-0.05, 0) is 38.5 Å². The maximum Gasteiger partial charge on any atom is 0.327 e. The molecule has 9 heteroatoms. The molecule has 2 aromatic rings. The van der Waals surface area contributed by atoms with Crippen LogP contribution in [0.1, 0.15) is 26.3 Å². The van der Waals surface area contributed by atoms with Crippen LogP contribution in [0, 0.1) is 0 Å². The molecule has 1 heterocycles. The van der Waals surface area contributed by atoms with Crippen LogP contribution in [-0.2, 0) is 16.1 Å². The summed E-state index contributed by atoms with van der Waals surface area (Å²) in [4.78, 5) is 38.9. The van der Waals surface area contributed by atoms with Gasteiger partial charge in [0.25, 0.3) is 5.56 Å². The van der Waals surface area contributed by atoms with Gasteiger partial charge in [-0.15, -0.1) is 0 Å². The van der Waals surface area contributed by atoms with E-state index in [9.17, 15) is 19.6 Å². The third-order valence-corrected chi connectivity index (χ3v) is 3.06. The van der Waals surface area contributed by atoms with E-state index in [4.69, 9.17) is 4.74 Å². The highest BCUT2D eigenvalue weighted by molar-refractivity contribution is 5.72. The molecule has 0 radical (unpaired) electrons. The average molecular weight is 362 g/mol. The molecule has 0 atom stereocenters. The Balaban J connectivity index is 2.01. The Bertz CT molecular complexity index is 853. The Morgan fingerprint density at radius 3 is 2.62 bits per heavy atom. The first-order valence-corrected chi connectivity index (χ1v) is 7.96. The molecule has 1 aromatic heterocycles. The van der Waals surface area contributed by atoms with Crippen molar-refractivity contribution < 1.29 is 14.7 Å². The van der Waals surface area contributed by atoms with Crippen LogP contribution in [0.5, 0.6) is 0 Å². The molecule has 0 aliphatic rings. The molecular weight excluding hydrogens is 340 g/mol. The minimum absolute atomic E-state index is 0.0979. The maximum absolute atomic E-state index is 11.7. The van der Waals surface area contributed by atoms with Crippen LogP contribution in [-0.4, -0.2) is 38.4 Å². The number of H-pyrrole nitrogens is 2. The van der Waals surface area contributed by atoms with E-state index in [2.05, 4.69) is 15.3 Å². The molecule has 1 aromatic carbocycles. The lowest BCUT2D eigenvalue weighted by Crippen LogP contribution is -2.32. The topological polar surface area (TPSA) is 128 Å². The van der Waals surface area contributed by atoms with Gasteiger partial charge in [-0.3, -0.25) is 19.6 Å². The number of hydroxylamine groups is 2. The lowest BCUT2D eigenvalue weighted by molar-refractivity contribution is -0.170. The molecule has 0 unspecified atom stereocenters. The number of nitrogens with one attached hydrogen (secondary N) is 3. The number of benzene rings is 1. The van der Waals surface area contributed by atoms with Crippen LogP contribution in [0.4, 0.5) is 11.5 Å². The number of aromatic nitrogens is 2. The number of esters is 1. The molecular formula is C17H22N4O5. The van der Waals surface area contributed by atoms with Crippen LogP contribution < -0.4 is 16.6 Å². The van der Waals surface area contributed by atoms with Crippen molar-refractivity contribution in [3.8, 4) is 0 Å². The second kappa shape index (κ2) is 7.98. The van der Waals surface area contributed by atoms with Crippen LogP contribution in [0.3, 0.4) is 0 Å². The average Bonchev–Trinajstić information content (AvgIpc) is 2.43. The highest BCUT2D eigenvalue weighted by atomic mass is 16.6. The van der Waals surface area contributed by atoms with Gasteiger partial charge < -0.3 is 15.3 Å². The smallest absolute Gasteiger partial charge is 0.327 e. The zero-order chi connectivity index (χ0) is 19.3. The zero-order valence-electron chi connectivity index (χ0n) is 14.8. The third kappa shape index (κ3) is 6.54. The highest BCUT2D eigenvalue weighted by Crippen LogP contribution is 2.16. The summed E-state index contributed by atoms with van der Waals surface area (Å²) in [6.45, 7) is 5.08. The van der Waals surface area contributed by atoms with Gasteiger partial charge in [0.1, 0.15) is 18.0 Å². The molecule has 0 fully saturated rings. The molecule has 0 bridgehead atoms. The molecule has 9 nitrogen and oxygen atoms in total. The second-order valence-electron chi connectivity index (χ2n) is 6.74. The minimum Gasteiger partial charge on any atom is -0.459 e. The molecule has 0 spiro atoms. The van der Waals surface area contributed by atoms with E-state index in [1.54, 1.807) is 45.0 Å². The summed E-state index contributed by atoms with van der Waals surface area (Å²) in [6.07, 6.45) is 0. The summed E-state index contributed by atoms with van der Waals surface area (Å²) in [5.74, 6) is -0.291. The second-order valence-corrected chi connectivity index (χ2v) is 6.74. The fraction of sp³-hybridized carbons (Fsp3) is 0.353. The molecule has 0 saturated heterocycles. The van der Waals surface area contributed by atoms with Crippen molar-refractivity contribution in [3.05, 3.63) is 56.7 Å². The normalized spacial score (nSPS) is 11.4. The first kappa shape index (κ1) is 19.4. The van der Waals surface area contributed by atoms with Gasteiger partial charge in [-0.25, -0.2) is 4.79 Å². The predicted octanol–water partition coefficient (Wildman–Crippen LogP) is 1.34. The Morgan fingerprint density at radius 2 is 1.96 bits per heavy atom. The van der Waals surface area contributed by atoms with E-state index < -0.39 is 22.8 Å². The Labute approximate surface area is 149 Å². The molecule has 4 N–H and O–H groups in total. The lowest BCUT2D eigenvalue weighted by atomic mass is 10.2. The number of carbonyl (C=O) groups excluding carboxylic acids is 1. The first-order chi connectivity index (χ1) is 12.1. The van der Waals surface area contributed by atoms with Gasteiger partial charge in [0.05, 0.1) is 0 Å². The van der Waals surface area contributed by atoms with Crippen molar-refractivity contribution in [2.24, 2.45) is 0 Å². The van der Waals surface area contributed by atoms with Gasteiger partial charge in [-0.2, -0.15) is 5.06 Å². The van der Waals surface area contributed by atoms with Crippen molar-refractivity contribution in [3.63, 3.8) is 0 Å². The standard InChI is InChI=1S/C17H22N4O5/c1-17(2,3)26-15(23)10-21(25)9-11-5-4-6-12(7-11)18-13-8-14(22)20-16(24)19-13/h4-8,25H,9-10H2,1-3H3,(H3,18,19,20,22,24). The van der Waals surface area contributed by atoms with Gasteiger partial charge in [-0.1, -0.05) is 12.1 Å². The van der Waals surface area contributed by atoms with Gasteiger partial charge in [0.2, 0.25) is 0 Å². The number of hydrogen-bond acceptors (Lipinski definition) is 7. The quantitative estimate of drug-likeness (QED) is 0.451. The fourth-order valence-electron chi connectivity index (χ4n) is 2.23. The molecule has 140 valence electrons. The number of ether oxygens (including phenoxy) is 1. The molecule has 26 heavy (non-hydrogen) atoms. The van der Waals surface area contributed by atoms with E-state index >= 15 is 0 Å². The number of aromatic amines is 2. The molecule has 0 aliphatic carbocycles. The van der Waals surface area contributed by atoms with Crippen molar-refractivity contribution in [2.75, 3.05) is 11.9 Å². The maximum atomic E-state index is 11.7. The van der Waals surface area contributed by atoms with E-state index in [-0.39, 0.29) is 18.9 Å². The summed E-state index contributed by atoms with van der Waals surface area (Å²) in [6, 6.07) is 8.18. The third-order valence-electron chi connectivity index (χ3n) is 3.06. The summed E-state index contributed by atoms with van der Waals surface area (Å²) in [7, 11) is 0. The van der Waals surface area contributed by atoms with Crippen molar-refractivity contribution in [1.82, 2.24) is 15.0 Å². The number of nitrogens with zero attached hydrogens (tertiary/aromatic N) is 1. The monoisotopic (exact) mass is 362 g/mol. The van der Waals surface area contributed by atoms with Crippen LogP contribution in [0.25, 0.3) is 0 Å². The van der Waals surface area contributed by atoms with Crippen molar-refractivity contribution in [1.29, 1.82) is 0 Å². The van der Waals surface area contributed by atoms with Crippen molar-refractivity contribution >= 4 is 17.5 Å². The van der Waals surface area contributed by atoms with E-state index in [1.165, 1.54) is 6.07 Å². The SMILES string of the molecule is CC(C)(C)OC(=O)CN(O)Cc1cccc(Nc2cc(=O)[nH]c(=O)[nH]2)c1. The minimum atomic E-state index is -0.619. The molecule has 0 aliphatic heterocycles. The van der Waals surface area contributed by atoms with Gasteiger partial charge >= 0.3 is 11.7 Å². The summed E-state index contributed by atoms with van der Waals surface area (Å²) in [5.41, 5.74) is -0.435. The van der Waals surface area contributed by atoms with Crippen LogP contribution in [0.15, 0.2) is 39.9 Å². The van der Waals surface area contributed by atoms with E-state index in [0.717, 1.165) is 5.06 Å². The van der Waals surface area contributed by atoms with Crippen LogP contribution in [0.2, 0.25) is 0 Å². The lowest BCUT2D eigenvalue weighted by Gasteiger charge is -2.21. The number of carbonyl (C=O) groups is 1. The van der Waals surface area contributed by atoms with E-state index in [0.29, 0.717) is 11.3 Å². The summed E-state index contributed by atoms with van der Waals surface area (Å²) < 4.78 is 5.15. The van der Waals surface area contributed by atoms with Gasteiger partial charge in [0, 0.05) is 18.3 Å². The molecule has 0 saturated carbocycles. The largest absolute Gasteiger partial charge is 0.459 e. The number of hydrogen-bond donors (Lipinski definition) is 4. The zero-order valence-corrected chi connectivity index (χ0v) is 14.8. The van der Waals surface area contributed by atoms with Crippen molar-refractivity contribution in [2.45, 2.75) is 32.9 Å². The van der Waals surface area contributed by atoms with Crippen LogP contribution >= 0.6 is 0 Å². The predicted molar refractivity (Wildman–Crippen MR) is 95.4 cm³/mol. The Hall–Kier alpha value is -2.91. The summed E-state index contributed by atoms with van der Waals surface area (Å²) >= 11 is 0.